The van der Waals surface area contributed by atoms with Crippen LogP contribution in [-0.4, -0.2) is 114 Å². The maximum atomic E-state index is 13.2. The van der Waals surface area contributed by atoms with E-state index in [1.807, 2.05) is 119 Å². The van der Waals surface area contributed by atoms with E-state index >= 15 is 0 Å². The number of halogens is 10. The highest BCUT2D eigenvalue weighted by atomic mass is 35.5. The van der Waals surface area contributed by atoms with E-state index in [0.717, 1.165) is 33.5 Å². The summed E-state index contributed by atoms with van der Waals surface area (Å²) >= 11 is 60.8. The molecule has 0 saturated heterocycles. The molecule has 40 heteroatoms. The Morgan fingerprint density at radius 2 is 1.06 bits per heavy atom. The number of fused-ring (bicyclic) bond motifs is 1. The summed E-state index contributed by atoms with van der Waals surface area (Å²) in [6.07, 6.45) is 4.75. The summed E-state index contributed by atoms with van der Waals surface area (Å²) in [4.78, 5) is 109. The summed E-state index contributed by atoms with van der Waals surface area (Å²) in [5.41, 5.74) is 9.51. The molecule has 3 aliphatic heterocycles. The molecule has 0 radical (unpaired) electrons. The summed E-state index contributed by atoms with van der Waals surface area (Å²) in [6, 6.07) is 60.3. The molecular weight excluding hydrogens is 2000 g/mol. The summed E-state index contributed by atoms with van der Waals surface area (Å²) in [5, 5.41) is 54.5. The first-order valence-electron chi connectivity index (χ1n) is 41.1. The molecule has 4 aliphatic rings. The molecule has 5 heterocycles. The zero-order chi connectivity index (χ0) is 101. The van der Waals surface area contributed by atoms with Gasteiger partial charge in [0.05, 0.1) is 93.6 Å². The molecular formula is C99H73Cl10N19O10S. The van der Waals surface area contributed by atoms with Crippen LogP contribution in [0.25, 0.3) is 9.69 Å². The Bertz CT molecular complexity index is 7500. The number of aryl methyl sites for hydroxylation is 2. The molecule has 29 nitrogen and oxygen atoms in total. The standard InChI is InChI=1S/C22H15Cl2N3.C21H13Cl3N4O4S.C20H19Cl2N3O3.C20H15Cl2N3O2.C16H11ClN6O/c1-14-18(23)12-17(13-19(14)24)25-22-20(15-8-4-2-5-9-15)26-21(27-22)16-10-6-3-7-11-16;22-12-5-1-2-6-15(12)27-21(30)18(25-11-9-13(23)19(29)14(24)10-11)20-26-16-7-3-4-8-17(16)33(31,32)28-20;1-9-12(21)5-11(6-13(9)22)24-14-7-15(23-10(2)26)19(28)17-18(14)25-16(27)8-20(17,3)4;1-12-4-2-3-5-17(12)25-20(27)18(13-6-8-23-9-7-13)24-14-10-15(21)19(26)16(22)11-14;1-5-23-15(22-14(19-3)16(23)20-4)12(8-18)21-10-6-9(2)13(24)11(17)7-10/h2-13H,1H3;1-10,29H,(H,26,28)(H,27,30);5-7H,8H2,1-4H3,(H,23,26)(H,25,27);2-11,26H,1H3,(H,25,27);6-7,24H,5H2,1-2H3. The Morgan fingerprint density at radius 1 is 0.561 bits per heavy atom. The number of ketones is 1. The fraction of sp³-hybridized carbons (Fsp3) is 0.111. The van der Waals surface area contributed by atoms with Crippen LogP contribution in [0.1, 0.15) is 78.9 Å². The van der Waals surface area contributed by atoms with Crippen LogP contribution >= 0.6 is 116 Å². The van der Waals surface area contributed by atoms with E-state index < -0.39 is 27.3 Å². The van der Waals surface area contributed by atoms with Crippen molar-refractivity contribution in [2.45, 2.75) is 73.3 Å². The first-order valence-corrected chi connectivity index (χ1v) is 46.3. The predicted octanol–water partition coefficient (Wildman–Crippen LogP) is 24.8. The van der Waals surface area contributed by atoms with Crippen LogP contribution in [0.4, 0.5) is 57.1 Å². The number of carbonyl (C=O) groups is 5. The lowest BCUT2D eigenvalue weighted by Gasteiger charge is -2.36. The van der Waals surface area contributed by atoms with E-state index in [0.29, 0.717) is 94.9 Å². The number of rotatable bonds is 16. The van der Waals surface area contributed by atoms with E-state index in [9.17, 15) is 53.0 Å². The SMILES string of the molecule is CC(=O)NC1=CC(=Nc2cc(Cl)c(C)c(Cl)c2)C2=C(C1=O)C(C)(C)CC(=O)N2.Cc1c(Cl)cc(N=C2N=C(c3ccccc3)N=C2c2ccccc2)cc1Cl.Cc1ccccc1NC(=O)C(=Nc1cc(Cl)c(O)c(Cl)c1)c1ccncc1.O=C(Nc1ccccc1Cl)C(=Nc1cc(Cl)c(O)c(Cl)c1)C1=NS(=O)(=O)c2ccccc2N1.[C-]#[N+]c1nc(C(C#N)=Nc2cc(C)c(O)c(Cl)c2)n(CC)c1[N+]#[C-]. The molecule has 0 unspecified atom stereocenters. The van der Waals surface area contributed by atoms with Crippen LogP contribution < -0.4 is 26.6 Å². The lowest BCUT2D eigenvalue weighted by molar-refractivity contribution is -0.124. The van der Waals surface area contributed by atoms with E-state index in [2.05, 4.69) is 80.6 Å². The van der Waals surface area contributed by atoms with Gasteiger partial charge in [-0.15, -0.1) is 4.40 Å². The number of para-hydroxylation sites is 3. The molecule has 12 aromatic rings. The molecule has 4 amide bonds. The minimum Gasteiger partial charge on any atom is -0.506 e. The normalized spacial score (nSPS) is 14.5. The first kappa shape index (κ1) is 103. The Morgan fingerprint density at radius 3 is 1.60 bits per heavy atom. The molecule has 8 N–H and O–H groups in total. The molecule has 1 aliphatic carbocycles. The number of phenols is 3. The second-order valence-electron chi connectivity index (χ2n) is 30.7. The van der Waals surface area contributed by atoms with Gasteiger partial charge in [-0.05, 0) is 166 Å². The number of hydrogen-bond donors (Lipinski definition) is 8. The van der Waals surface area contributed by atoms with Gasteiger partial charge in [-0.25, -0.2) is 34.9 Å². The quantitative estimate of drug-likeness (QED) is 0.0253. The molecule has 10 aromatic carbocycles. The van der Waals surface area contributed by atoms with Crippen LogP contribution in [-0.2, 0) is 40.5 Å². The topological polar surface area (TPSA) is 402 Å². The van der Waals surface area contributed by atoms with Crippen molar-refractivity contribution in [3.05, 3.63) is 360 Å². The fourth-order valence-corrected chi connectivity index (χ4v) is 17.0. The van der Waals surface area contributed by atoms with E-state index in [4.69, 9.17) is 134 Å². The first-order chi connectivity index (χ1) is 66.2. The largest absolute Gasteiger partial charge is 0.506 e. The molecule has 0 fully saturated rings. The number of nitriles is 1. The molecule has 2 aromatic heterocycles. The van der Waals surface area contributed by atoms with Crippen molar-refractivity contribution in [3.8, 4) is 23.3 Å². The number of sulfonamides is 1. The number of Topliss-reactive ketones (excluding diaryl/α,β-unsaturated/α-hetero) is 1. The van der Waals surface area contributed by atoms with Gasteiger partial charge in [-0.3, -0.25) is 33.5 Å². The zero-order valence-corrected chi connectivity index (χ0v) is 82.3. The summed E-state index contributed by atoms with van der Waals surface area (Å²) in [6.45, 7) is 28.6. The molecule has 700 valence electrons. The number of hydrogen-bond acceptors (Lipinski definition) is 20. The Kier molecular flexibility index (Phi) is 33.9. The minimum absolute atomic E-state index is 0.0437. The van der Waals surface area contributed by atoms with E-state index in [1.165, 1.54) is 60.0 Å². The number of allylic oxidation sites excluding steroid dienone is 2. The maximum Gasteiger partial charge on any atom is 0.332 e. The van der Waals surface area contributed by atoms with Crippen LogP contribution in [0.5, 0.6) is 17.2 Å². The van der Waals surface area contributed by atoms with E-state index in [1.54, 1.807) is 112 Å². The average Bonchev–Trinajstić information content (AvgIpc) is 1.23. The molecule has 16 rings (SSSR count). The van der Waals surface area contributed by atoms with Gasteiger partial charge in [-0.2, -0.15) is 13.7 Å². The number of aromatic nitrogens is 3. The highest BCUT2D eigenvalue weighted by Gasteiger charge is 2.43. The van der Waals surface area contributed by atoms with Gasteiger partial charge < -0.3 is 51.6 Å². The molecule has 0 saturated carbocycles. The Labute approximate surface area is 846 Å². The summed E-state index contributed by atoms with van der Waals surface area (Å²) in [5.74, 6) is -1.73. The van der Waals surface area contributed by atoms with Gasteiger partial charge in [0.15, 0.2) is 34.7 Å². The van der Waals surface area contributed by atoms with Crippen molar-refractivity contribution in [2.24, 2.45) is 44.8 Å². The second-order valence-corrected chi connectivity index (χ2v) is 36.3. The number of nitrogens with zero attached hydrogens (tertiary/aromatic N) is 14. The third-order valence-electron chi connectivity index (χ3n) is 20.3. The van der Waals surface area contributed by atoms with Gasteiger partial charge in [0, 0.05) is 79.2 Å². The van der Waals surface area contributed by atoms with Crippen molar-refractivity contribution < 1.29 is 47.7 Å². The number of carbonyl (C=O) groups excluding carboxylic acids is 5. The predicted molar refractivity (Wildman–Crippen MR) is 551 cm³/mol. The molecule has 0 atom stereocenters. The maximum absolute atomic E-state index is 13.2. The van der Waals surface area contributed by atoms with Crippen LogP contribution in [0.2, 0.25) is 50.2 Å². The zero-order valence-electron chi connectivity index (χ0n) is 73.9. The third-order valence-corrected chi connectivity index (χ3v) is 25.0. The molecule has 139 heavy (non-hydrogen) atoms. The average molecular weight is 2080 g/mol. The van der Waals surface area contributed by atoms with Crippen molar-refractivity contribution in [1.82, 2.24) is 25.2 Å². The number of pyridine rings is 1. The van der Waals surface area contributed by atoms with Crippen LogP contribution in [0.3, 0.4) is 0 Å². The molecule has 0 bridgehead atoms. The van der Waals surface area contributed by atoms with Crippen LogP contribution in [0, 0.1) is 57.6 Å². The van der Waals surface area contributed by atoms with Gasteiger partial charge in [0.1, 0.15) is 28.1 Å². The number of phenolic OH excluding ortho intramolecular Hbond substituents is 3. The Hall–Kier alpha value is -14.5. The smallest absolute Gasteiger partial charge is 0.332 e. The number of imidazole rings is 1. The molecule has 0 spiro atoms. The van der Waals surface area contributed by atoms with Gasteiger partial charge in [0.2, 0.25) is 23.3 Å². The number of aliphatic imine (C=N–C) groups is 7. The monoisotopic (exact) mass is 2070 g/mol. The fourth-order valence-electron chi connectivity index (χ4n) is 13.5. The lowest BCUT2D eigenvalue weighted by Crippen LogP contribution is -2.46. The van der Waals surface area contributed by atoms with E-state index in [-0.39, 0.29) is 139 Å². The minimum atomic E-state index is -4.12. The number of benzene rings is 10. The number of nitrogens with one attached hydrogen (secondary N) is 5. The van der Waals surface area contributed by atoms with Crippen molar-refractivity contribution >= 4 is 259 Å². The van der Waals surface area contributed by atoms with Gasteiger partial charge in [-0.1, -0.05) is 251 Å². The van der Waals surface area contributed by atoms with Crippen molar-refractivity contribution in [3.63, 3.8) is 0 Å². The Balaban J connectivity index is 0.000000156. The number of amides is 4. The van der Waals surface area contributed by atoms with Gasteiger partial charge in [0.25, 0.3) is 33.5 Å². The third kappa shape index (κ3) is 25.3. The van der Waals surface area contributed by atoms with Gasteiger partial charge >= 0.3 is 5.82 Å². The van der Waals surface area contributed by atoms with Crippen molar-refractivity contribution in [2.75, 3.05) is 16.0 Å². The second kappa shape index (κ2) is 45.6. The van der Waals surface area contributed by atoms with Crippen molar-refractivity contribution in [1.29, 1.82) is 5.26 Å². The summed E-state index contributed by atoms with van der Waals surface area (Å²) < 4.78 is 30.6. The lowest BCUT2D eigenvalue weighted by atomic mass is 9.72. The summed E-state index contributed by atoms with van der Waals surface area (Å²) in [7, 11) is -4.12. The highest BCUT2D eigenvalue weighted by Crippen LogP contribution is 2.44. The number of amidine groups is 3. The highest BCUT2D eigenvalue weighted by molar-refractivity contribution is 7.90. The number of aromatic hydroxyl groups is 3. The van der Waals surface area contributed by atoms with Crippen LogP contribution in [0.15, 0.2) is 286 Å². The number of anilines is 3.